The van der Waals surface area contributed by atoms with E-state index in [4.69, 9.17) is 0 Å². The Morgan fingerprint density at radius 1 is 0.944 bits per heavy atom. The third-order valence-corrected chi connectivity index (χ3v) is 3.13. The van der Waals surface area contributed by atoms with Crippen LogP contribution in [0.1, 0.15) is 0 Å². The molecule has 4 heteroatoms. The van der Waals surface area contributed by atoms with Gasteiger partial charge in [0.2, 0.25) is 0 Å². The van der Waals surface area contributed by atoms with Crippen LogP contribution in [0.5, 0.6) is 0 Å². The van der Waals surface area contributed by atoms with Crippen LogP contribution in [0.4, 0.5) is 0 Å². The van der Waals surface area contributed by atoms with Gasteiger partial charge in [0, 0.05) is 24.7 Å². The van der Waals surface area contributed by atoms with E-state index >= 15 is 0 Å². The van der Waals surface area contributed by atoms with E-state index in [0.717, 1.165) is 27.8 Å². The molecule has 0 saturated carbocycles. The smallest absolute Gasteiger partial charge is 0.154 e. The summed E-state index contributed by atoms with van der Waals surface area (Å²) in [6.45, 7) is 0. The van der Waals surface area contributed by atoms with Gasteiger partial charge < -0.3 is 0 Å². The number of H-pyrrole nitrogens is 1. The van der Waals surface area contributed by atoms with Gasteiger partial charge in [0.15, 0.2) is 5.65 Å². The summed E-state index contributed by atoms with van der Waals surface area (Å²) in [7, 11) is 0. The minimum absolute atomic E-state index is 0.942. The molecule has 0 spiro atoms. The SMILES string of the molecule is c1cc(-c2ccc3c(c2)nc2cc[nH]n23)ccn1. The van der Waals surface area contributed by atoms with Crippen LogP contribution in [-0.2, 0) is 0 Å². The van der Waals surface area contributed by atoms with Crippen LogP contribution in [0.2, 0.25) is 0 Å². The second kappa shape index (κ2) is 3.43. The molecule has 3 aromatic heterocycles. The van der Waals surface area contributed by atoms with Crippen LogP contribution in [0.3, 0.4) is 0 Å². The summed E-state index contributed by atoms with van der Waals surface area (Å²) in [4.78, 5) is 8.61. The number of nitrogens with one attached hydrogen (secondary N) is 1. The van der Waals surface area contributed by atoms with E-state index < -0.39 is 0 Å². The van der Waals surface area contributed by atoms with E-state index in [9.17, 15) is 0 Å². The molecule has 0 aliphatic rings. The van der Waals surface area contributed by atoms with E-state index in [0.29, 0.717) is 0 Å². The van der Waals surface area contributed by atoms with Crippen molar-refractivity contribution in [2.45, 2.75) is 0 Å². The highest BCUT2D eigenvalue weighted by Gasteiger charge is 2.06. The highest BCUT2D eigenvalue weighted by Crippen LogP contribution is 2.24. The zero-order chi connectivity index (χ0) is 11.9. The van der Waals surface area contributed by atoms with Crippen molar-refractivity contribution in [3.8, 4) is 11.1 Å². The van der Waals surface area contributed by atoms with Crippen LogP contribution in [0, 0.1) is 0 Å². The normalized spacial score (nSPS) is 11.3. The molecule has 1 aromatic carbocycles. The first-order valence-electron chi connectivity index (χ1n) is 5.78. The Kier molecular flexibility index (Phi) is 1.80. The molecule has 3 heterocycles. The van der Waals surface area contributed by atoms with E-state index in [2.05, 4.69) is 33.3 Å². The zero-order valence-electron chi connectivity index (χ0n) is 9.54. The van der Waals surface area contributed by atoms with Gasteiger partial charge in [-0.15, -0.1) is 0 Å². The lowest BCUT2D eigenvalue weighted by molar-refractivity contribution is 1.01. The maximum Gasteiger partial charge on any atom is 0.154 e. The molecule has 4 rings (SSSR count). The fourth-order valence-electron chi connectivity index (χ4n) is 2.26. The van der Waals surface area contributed by atoms with Gasteiger partial charge in [-0.05, 0) is 35.4 Å². The van der Waals surface area contributed by atoms with Gasteiger partial charge in [-0.2, -0.15) is 0 Å². The maximum absolute atomic E-state index is 4.58. The van der Waals surface area contributed by atoms with Crippen molar-refractivity contribution in [3.05, 3.63) is 55.0 Å². The summed E-state index contributed by atoms with van der Waals surface area (Å²) in [6.07, 6.45) is 5.49. The van der Waals surface area contributed by atoms with E-state index in [1.807, 2.05) is 28.9 Å². The largest absolute Gasteiger partial charge is 0.299 e. The maximum atomic E-state index is 4.58. The van der Waals surface area contributed by atoms with Crippen molar-refractivity contribution < 1.29 is 0 Å². The van der Waals surface area contributed by atoms with E-state index in [-0.39, 0.29) is 0 Å². The summed E-state index contributed by atoms with van der Waals surface area (Å²) >= 11 is 0. The van der Waals surface area contributed by atoms with Crippen molar-refractivity contribution >= 4 is 16.7 Å². The molecule has 0 radical (unpaired) electrons. The second-order valence-electron chi connectivity index (χ2n) is 4.21. The molecule has 18 heavy (non-hydrogen) atoms. The van der Waals surface area contributed by atoms with Gasteiger partial charge in [0.1, 0.15) is 0 Å². The Morgan fingerprint density at radius 2 is 1.83 bits per heavy atom. The summed E-state index contributed by atoms with van der Waals surface area (Å²) in [6, 6.07) is 12.3. The predicted molar refractivity (Wildman–Crippen MR) is 70.3 cm³/mol. The standard InChI is InChI=1S/C14H10N4/c1-2-13-12(17-14-5-8-16-18(13)14)9-11(1)10-3-6-15-7-4-10/h1-9,16H. The predicted octanol–water partition coefficient (Wildman–Crippen LogP) is 2.88. The van der Waals surface area contributed by atoms with Crippen molar-refractivity contribution in [3.63, 3.8) is 0 Å². The Hall–Kier alpha value is -2.62. The number of pyridine rings is 1. The second-order valence-corrected chi connectivity index (χ2v) is 4.21. The van der Waals surface area contributed by atoms with Gasteiger partial charge in [-0.1, -0.05) is 6.07 Å². The van der Waals surface area contributed by atoms with Crippen LogP contribution in [0.15, 0.2) is 55.0 Å². The van der Waals surface area contributed by atoms with Crippen molar-refractivity contribution in [2.24, 2.45) is 0 Å². The van der Waals surface area contributed by atoms with Crippen molar-refractivity contribution in [1.82, 2.24) is 19.6 Å². The molecule has 0 aliphatic heterocycles. The Labute approximate surface area is 103 Å². The molecule has 4 aromatic rings. The molecule has 0 atom stereocenters. The monoisotopic (exact) mass is 234 g/mol. The number of nitrogens with zero attached hydrogens (tertiary/aromatic N) is 3. The van der Waals surface area contributed by atoms with Gasteiger partial charge in [-0.25, -0.2) is 9.50 Å². The van der Waals surface area contributed by atoms with Gasteiger partial charge in [-0.3, -0.25) is 10.1 Å². The van der Waals surface area contributed by atoms with Crippen LogP contribution >= 0.6 is 0 Å². The van der Waals surface area contributed by atoms with Crippen LogP contribution in [-0.4, -0.2) is 19.6 Å². The molecule has 0 unspecified atom stereocenters. The molecular weight excluding hydrogens is 224 g/mol. The minimum Gasteiger partial charge on any atom is -0.299 e. The Morgan fingerprint density at radius 3 is 2.72 bits per heavy atom. The topological polar surface area (TPSA) is 46.0 Å². The summed E-state index contributed by atoms with van der Waals surface area (Å²) in [5.74, 6) is 0. The molecule has 0 amide bonds. The summed E-state index contributed by atoms with van der Waals surface area (Å²) in [5, 5.41) is 3.15. The molecule has 0 aliphatic carbocycles. The first kappa shape index (κ1) is 9.41. The van der Waals surface area contributed by atoms with Gasteiger partial charge >= 0.3 is 0 Å². The number of hydrogen-bond donors (Lipinski definition) is 1. The first-order chi connectivity index (χ1) is 8.92. The van der Waals surface area contributed by atoms with Gasteiger partial charge in [0.05, 0.1) is 11.0 Å². The molecule has 0 fully saturated rings. The quantitative estimate of drug-likeness (QED) is 0.550. The lowest BCUT2D eigenvalue weighted by atomic mass is 10.1. The lowest BCUT2D eigenvalue weighted by Gasteiger charge is -2.00. The number of hydrogen-bond acceptors (Lipinski definition) is 2. The summed E-state index contributed by atoms with van der Waals surface area (Å²) < 4.78 is 1.98. The van der Waals surface area contributed by atoms with Crippen molar-refractivity contribution in [2.75, 3.05) is 0 Å². The Balaban J connectivity index is 1.99. The number of imidazole rings is 1. The molecule has 0 saturated heterocycles. The molecule has 0 bridgehead atoms. The van der Waals surface area contributed by atoms with Crippen molar-refractivity contribution in [1.29, 1.82) is 0 Å². The minimum atomic E-state index is 0.942. The van der Waals surface area contributed by atoms with Gasteiger partial charge in [0.25, 0.3) is 0 Å². The average Bonchev–Trinajstić information content (AvgIpc) is 2.99. The van der Waals surface area contributed by atoms with E-state index in [1.165, 1.54) is 0 Å². The molecule has 1 N–H and O–H groups in total. The Bertz CT molecular complexity index is 827. The number of aromatic amines is 1. The molecule has 86 valence electrons. The van der Waals surface area contributed by atoms with Crippen LogP contribution < -0.4 is 0 Å². The number of rotatable bonds is 1. The van der Waals surface area contributed by atoms with Crippen LogP contribution in [0.25, 0.3) is 27.8 Å². The molecule has 4 nitrogen and oxygen atoms in total. The number of benzene rings is 1. The lowest BCUT2D eigenvalue weighted by Crippen LogP contribution is -1.83. The highest BCUT2D eigenvalue weighted by atomic mass is 15.3. The number of aromatic nitrogens is 4. The number of fused-ring (bicyclic) bond motifs is 3. The first-order valence-corrected chi connectivity index (χ1v) is 5.78. The highest BCUT2D eigenvalue weighted by molar-refractivity contribution is 5.85. The zero-order valence-corrected chi connectivity index (χ0v) is 9.54. The third kappa shape index (κ3) is 1.26. The fraction of sp³-hybridized carbons (Fsp3) is 0. The average molecular weight is 234 g/mol. The summed E-state index contributed by atoms with van der Waals surface area (Å²) in [5.41, 5.74) is 5.34. The molecular formula is C14H10N4. The van der Waals surface area contributed by atoms with E-state index in [1.54, 1.807) is 12.4 Å². The third-order valence-electron chi connectivity index (χ3n) is 3.13. The fourth-order valence-corrected chi connectivity index (χ4v) is 2.26.